The zero-order valence-corrected chi connectivity index (χ0v) is 15.6. The molecular formula is C24H34. The average Bonchev–Trinajstić information content (AvgIpc) is 2.71. The lowest BCUT2D eigenvalue weighted by molar-refractivity contribution is 0.349. The topological polar surface area (TPSA) is 0 Å². The molecule has 2 aromatic carbocycles. The van der Waals surface area contributed by atoms with Crippen LogP contribution < -0.4 is 0 Å². The molecule has 1 aliphatic rings. The molecule has 3 rings (SSSR count). The summed E-state index contributed by atoms with van der Waals surface area (Å²) in [5.41, 5.74) is 2.58. The molecule has 2 aromatic rings. The highest BCUT2D eigenvalue weighted by Crippen LogP contribution is 2.25. The number of rotatable bonds is 3. The molecule has 1 aliphatic carbocycles. The van der Waals surface area contributed by atoms with E-state index < -0.39 is 0 Å². The van der Waals surface area contributed by atoms with Gasteiger partial charge in [-0.1, -0.05) is 126 Å². The predicted molar refractivity (Wildman–Crippen MR) is 109 cm³/mol. The molecule has 0 saturated heterocycles. The lowest BCUT2D eigenvalue weighted by atomic mass is 9.88. The van der Waals surface area contributed by atoms with Crippen molar-refractivity contribution < 1.29 is 0 Å². The van der Waals surface area contributed by atoms with Crippen molar-refractivity contribution >= 4 is 6.08 Å². The zero-order valence-electron chi connectivity index (χ0n) is 15.6. The Morgan fingerprint density at radius 1 is 0.833 bits per heavy atom. The van der Waals surface area contributed by atoms with E-state index in [0.29, 0.717) is 0 Å². The maximum atomic E-state index is 3.63. The van der Waals surface area contributed by atoms with Crippen LogP contribution in [0, 0.1) is 5.92 Å². The third-order valence-corrected chi connectivity index (χ3v) is 4.59. The van der Waals surface area contributed by atoms with Crippen LogP contribution >= 0.6 is 0 Å². The van der Waals surface area contributed by atoms with Gasteiger partial charge in [-0.25, -0.2) is 0 Å². The number of hydrogen-bond donors (Lipinski definition) is 0. The van der Waals surface area contributed by atoms with E-state index >= 15 is 0 Å². The minimum absolute atomic E-state index is 1.09. The summed E-state index contributed by atoms with van der Waals surface area (Å²) in [5.74, 6) is 1.09. The fraction of sp³-hybridized carbons (Fsp3) is 0.417. The second kappa shape index (κ2) is 13.6. The number of benzene rings is 2. The molecule has 24 heavy (non-hydrogen) atoms. The fourth-order valence-electron chi connectivity index (χ4n) is 2.90. The van der Waals surface area contributed by atoms with Crippen molar-refractivity contribution in [2.24, 2.45) is 5.92 Å². The highest BCUT2D eigenvalue weighted by Gasteiger charge is 2.09. The van der Waals surface area contributed by atoms with Gasteiger partial charge >= 0.3 is 0 Å². The van der Waals surface area contributed by atoms with E-state index in [-0.39, 0.29) is 0 Å². The van der Waals surface area contributed by atoms with Gasteiger partial charge in [0.05, 0.1) is 0 Å². The fourth-order valence-corrected chi connectivity index (χ4v) is 2.90. The molecule has 0 atom stereocenters. The van der Waals surface area contributed by atoms with E-state index in [9.17, 15) is 0 Å². The first-order valence-electron chi connectivity index (χ1n) is 9.51. The van der Waals surface area contributed by atoms with Crippen molar-refractivity contribution in [3.63, 3.8) is 0 Å². The van der Waals surface area contributed by atoms with Crippen LogP contribution in [-0.2, 0) is 6.42 Å². The molecule has 0 spiro atoms. The van der Waals surface area contributed by atoms with Gasteiger partial charge in [0.1, 0.15) is 0 Å². The van der Waals surface area contributed by atoms with Gasteiger partial charge in [-0.15, -0.1) is 0 Å². The summed E-state index contributed by atoms with van der Waals surface area (Å²) in [4.78, 5) is 0. The van der Waals surface area contributed by atoms with Crippen molar-refractivity contribution in [1.82, 2.24) is 0 Å². The molecule has 0 unspecified atom stereocenters. The van der Waals surface area contributed by atoms with E-state index in [0.717, 1.165) is 12.3 Å². The van der Waals surface area contributed by atoms with E-state index in [1.807, 2.05) is 42.5 Å². The lowest BCUT2D eigenvalue weighted by Gasteiger charge is -2.18. The van der Waals surface area contributed by atoms with Crippen LogP contribution in [0.5, 0.6) is 0 Å². The smallest absolute Gasteiger partial charge is 0.0263 e. The van der Waals surface area contributed by atoms with E-state index in [2.05, 4.69) is 44.7 Å². The molecular weight excluding hydrogens is 288 g/mol. The molecule has 0 N–H and O–H groups in total. The molecule has 0 bridgehead atoms. The van der Waals surface area contributed by atoms with E-state index in [4.69, 9.17) is 0 Å². The van der Waals surface area contributed by atoms with Gasteiger partial charge in [0.15, 0.2) is 0 Å². The second-order valence-corrected chi connectivity index (χ2v) is 6.37. The number of hydrogen-bond acceptors (Lipinski definition) is 0. The molecule has 0 aliphatic heterocycles. The molecule has 0 amide bonds. The molecule has 0 heterocycles. The summed E-state index contributed by atoms with van der Waals surface area (Å²) in [7, 11) is 0. The molecule has 0 radical (unpaired) electrons. The van der Waals surface area contributed by atoms with Crippen molar-refractivity contribution in [1.29, 1.82) is 0 Å². The van der Waals surface area contributed by atoms with Crippen molar-refractivity contribution in [3.8, 4) is 0 Å². The first kappa shape index (κ1) is 20.2. The van der Waals surface area contributed by atoms with Crippen LogP contribution in [0.2, 0.25) is 0 Å². The minimum atomic E-state index is 1.09. The highest BCUT2D eigenvalue weighted by molar-refractivity contribution is 5.45. The minimum Gasteiger partial charge on any atom is -0.0985 e. The molecule has 0 aromatic heterocycles. The largest absolute Gasteiger partial charge is 0.0985 e. The Morgan fingerprint density at radius 3 is 1.71 bits per heavy atom. The Labute approximate surface area is 149 Å². The van der Waals surface area contributed by atoms with Crippen molar-refractivity contribution in [3.05, 3.63) is 78.4 Å². The summed E-state index contributed by atoms with van der Waals surface area (Å²) < 4.78 is 0. The second-order valence-electron chi connectivity index (χ2n) is 6.37. The van der Waals surface area contributed by atoms with Crippen LogP contribution in [-0.4, -0.2) is 0 Å². The molecule has 0 heteroatoms. The van der Waals surface area contributed by atoms with Gasteiger partial charge < -0.3 is 0 Å². The van der Waals surface area contributed by atoms with Crippen LogP contribution in [0.3, 0.4) is 0 Å². The Balaban J connectivity index is 0.000000180. The molecule has 1 fully saturated rings. The Morgan fingerprint density at radius 2 is 1.38 bits per heavy atom. The van der Waals surface area contributed by atoms with Gasteiger partial charge in [-0.2, -0.15) is 0 Å². The molecule has 130 valence electrons. The highest BCUT2D eigenvalue weighted by atomic mass is 14.2. The summed E-state index contributed by atoms with van der Waals surface area (Å²) >= 11 is 0. The summed E-state index contributed by atoms with van der Waals surface area (Å²) in [6, 6.07) is 20.5. The average molecular weight is 323 g/mol. The van der Waals surface area contributed by atoms with E-state index in [1.54, 1.807) is 0 Å². The Hall–Kier alpha value is -1.82. The van der Waals surface area contributed by atoms with E-state index in [1.165, 1.54) is 49.7 Å². The molecule has 1 saturated carbocycles. The van der Waals surface area contributed by atoms with Gasteiger partial charge in [0.25, 0.3) is 0 Å². The zero-order chi connectivity index (χ0) is 17.5. The maximum absolute atomic E-state index is 3.63. The monoisotopic (exact) mass is 322 g/mol. The Kier molecular flexibility index (Phi) is 11.5. The maximum Gasteiger partial charge on any atom is -0.0263 e. The van der Waals surface area contributed by atoms with Crippen molar-refractivity contribution in [2.45, 2.75) is 58.8 Å². The quantitative estimate of drug-likeness (QED) is 0.547. The van der Waals surface area contributed by atoms with Crippen LogP contribution in [0.1, 0.15) is 63.5 Å². The standard InChI is InChI=1S/C8H16.C8H10.C8H8/c3*1-2-8-6-4-3-5-7-8/h8H,2-7H2,1H3;3-7H,2H2,1H3;2-7H,1H2. The van der Waals surface area contributed by atoms with Gasteiger partial charge in [0.2, 0.25) is 0 Å². The summed E-state index contributed by atoms with van der Waals surface area (Å²) in [6.07, 6.45) is 11.9. The normalized spacial score (nSPS) is 13.8. The Bertz CT molecular complexity index is 506. The first-order valence-corrected chi connectivity index (χ1v) is 9.51. The summed E-state index contributed by atoms with van der Waals surface area (Å²) in [6.45, 7) is 8.11. The summed E-state index contributed by atoms with van der Waals surface area (Å²) in [5, 5.41) is 0. The van der Waals surface area contributed by atoms with Gasteiger partial charge in [0, 0.05) is 0 Å². The van der Waals surface area contributed by atoms with Crippen molar-refractivity contribution in [2.75, 3.05) is 0 Å². The van der Waals surface area contributed by atoms with Crippen LogP contribution in [0.4, 0.5) is 0 Å². The SMILES string of the molecule is C=Cc1ccccc1.CCC1CCCCC1.CCc1ccccc1. The number of aryl methyl sites for hydroxylation is 1. The van der Waals surface area contributed by atoms with Gasteiger partial charge in [-0.05, 0) is 23.5 Å². The third kappa shape index (κ3) is 9.35. The van der Waals surface area contributed by atoms with Gasteiger partial charge in [-0.3, -0.25) is 0 Å². The third-order valence-electron chi connectivity index (χ3n) is 4.59. The lowest BCUT2D eigenvalue weighted by Crippen LogP contribution is -2.03. The predicted octanol–water partition coefficient (Wildman–Crippen LogP) is 7.56. The van der Waals surface area contributed by atoms with Crippen LogP contribution in [0.15, 0.2) is 67.2 Å². The first-order chi connectivity index (χ1) is 11.8. The molecule has 0 nitrogen and oxygen atoms in total. The van der Waals surface area contributed by atoms with Crippen LogP contribution in [0.25, 0.3) is 6.08 Å².